The molecule has 4 N–H and O–H groups in total. The van der Waals surface area contributed by atoms with Crippen molar-refractivity contribution in [3.05, 3.63) is 0 Å². The minimum absolute atomic E-state index is 0.354. The molecule has 0 unspecified atom stereocenters. The maximum absolute atomic E-state index is 11.6. The highest BCUT2D eigenvalue weighted by molar-refractivity contribution is 5.86. The van der Waals surface area contributed by atoms with Gasteiger partial charge in [0, 0.05) is 5.54 Å². The van der Waals surface area contributed by atoms with Crippen LogP contribution in [0.3, 0.4) is 0 Å². The minimum Gasteiger partial charge on any atom is -0.480 e. The van der Waals surface area contributed by atoms with E-state index in [1.165, 1.54) is 0 Å². The van der Waals surface area contributed by atoms with E-state index in [2.05, 4.69) is 5.32 Å². The normalized spacial score (nSPS) is 12.4. The average molecular weight is 202 g/mol. The highest BCUT2D eigenvalue weighted by atomic mass is 16.4. The van der Waals surface area contributed by atoms with Crippen molar-refractivity contribution < 1.29 is 14.7 Å². The second-order valence-corrected chi connectivity index (χ2v) is 4.42. The summed E-state index contributed by atoms with van der Waals surface area (Å²) in [5, 5.41) is 10.7. The maximum atomic E-state index is 11.6. The van der Waals surface area contributed by atoms with Crippen molar-refractivity contribution in [2.75, 3.05) is 6.54 Å². The van der Waals surface area contributed by atoms with Gasteiger partial charge in [-0.05, 0) is 27.7 Å². The van der Waals surface area contributed by atoms with Crippen molar-refractivity contribution in [3.63, 3.8) is 0 Å². The molecule has 0 radical (unpaired) electrons. The first kappa shape index (κ1) is 12.9. The molecule has 0 heterocycles. The maximum Gasteiger partial charge on any atom is 0.322 e. The van der Waals surface area contributed by atoms with E-state index in [4.69, 9.17) is 10.8 Å². The molecule has 1 amide bonds. The van der Waals surface area contributed by atoms with Crippen molar-refractivity contribution in [1.82, 2.24) is 5.32 Å². The lowest BCUT2D eigenvalue weighted by Gasteiger charge is -2.36. The van der Waals surface area contributed by atoms with E-state index in [0.717, 1.165) is 0 Å². The number of carboxylic acids is 1. The van der Waals surface area contributed by atoms with E-state index in [0.29, 0.717) is 0 Å². The quantitative estimate of drug-likeness (QED) is 0.596. The first-order valence-electron chi connectivity index (χ1n) is 4.38. The molecule has 0 atom stereocenters. The molecule has 0 aliphatic carbocycles. The van der Waals surface area contributed by atoms with E-state index >= 15 is 0 Å². The van der Waals surface area contributed by atoms with Gasteiger partial charge in [0.15, 0.2) is 0 Å². The van der Waals surface area contributed by atoms with Crippen LogP contribution in [0.25, 0.3) is 0 Å². The minimum atomic E-state index is -1.07. The number of aliphatic carboxylic acids is 1. The molecule has 0 aromatic rings. The second-order valence-electron chi connectivity index (χ2n) is 4.42. The van der Waals surface area contributed by atoms with E-state index in [1.807, 2.05) is 0 Å². The molecule has 5 heteroatoms. The fourth-order valence-corrected chi connectivity index (χ4v) is 0.669. The van der Waals surface area contributed by atoms with Crippen molar-refractivity contribution in [1.29, 1.82) is 0 Å². The van der Waals surface area contributed by atoms with Crippen LogP contribution in [0.1, 0.15) is 27.7 Å². The zero-order chi connectivity index (χ0) is 11.6. The highest BCUT2D eigenvalue weighted by Crippen LogP contribution is 2.27. The van der Waals surface area contributed by atoms with Gasteiger partial charge in [0.25, 0.3) is 0 Å². The van der Waals surface area contributed by atoms with Gasteiger partial charge in [0.05, 0.1) is 5.41 Å². The molecular formula is C9H18N2O3. The number of carboxylic acid groups (broad SMARTS) is 1. The molecule has 82 valence electrons. The zero-order valence-corrected chi connectivity index (χ0v) is 9.05. The Bertz CT molecular complexity index is 241. The van der Waals surface area contributed by atoms with E-state index in [9.17, 15) is 9.59 Å². The van der Waals surface area contributed by atoms with Crippen LogP contribution in [-0.2, 0) is 9.59 Å². The molecule has 14 heavy (non-hydrogen) atoms. The summed E-state index contributed by atoms with van der Waals surface area (Å²) in [5.74, 6) is -1.42. The average Bonchev–Trinajstić information content (AvgIpc) is 1.97. The van der Waals surface area contributed by atoms with E-state index in [1.54, 1.807) is 27.7 Å². The van der Waals surface area contributed by atoms with Gasteiger partial charge in [-0.2, -0.15) is 0 Å². The summed E-state index contributed by atoms with van der Waals surface area (Å²) in [7, 11) is 0. The number of hydrogen-bond donors (Lipinski definition) is 3. The zero-order valence-electron chi connectivity index (χ0n) is 9.05. The Balaban J connectivity index is 4.45. The fraction of sp³-hybridized carbons (Fsp3) is 0.778. The molecule has 0 bridgehead atoms. The Morgan fingerprint density at radius 1 is 1.29 bits per heavy atom. The monoisotopic (exact) mass is 202 g/mol. The van der Waals surface area contributed by atoms with Crippen LogP contribution in [0.15, 0.2) is 0 Å². The van der Waals surface area contributed by atoms with Crippen molar-refractivity contribution in [2.24, 2.45) is 11.1 Å². The van der Waals surface area contributed by atoms with Gasteiger partial charge < -0.3 is 16.2 Å². The Kier molecular flexibility index (Phi) is 3.65. The summed E-state index contributed by atoms with van der Waals surface area (Å²) < 4.78 is 0. The lowest BCUT2D eigenvalue weighted by molar-refractivity contribution is -0.140. The molecule has 0 saturated heterocycles. The topological polar surface area (TPSA) is 92.4 Å². The predicted octanol–water partition coefficient (Wildman–Crippen LogP) is -0.0493. The summed E-state index contributed by atoms with van der Waals surface area (Å²) in [4.78, 5) is 21.8. The molecule has 0 aliphatic heterocycles. The first-order chi connectivity index (χ1) is 6.09. The summed E-state index contributed by atoms with van der Waals surface area (Å²) in [6, 6.07) is 0. The van der Waals surface area contributed by atoms with Crippen LogP contribution in [0.5, 0.6) is 0 Å². The van der Waals surface area contributed by atoms with Crippen molar-refractivity contribution >= 4 is 11.9 Å². The SMILES string of the molecule is CC(C)(N)C(C)(C)C(=O)NCC(=O)O. The van der Waals surface area contributed by atoms with Crippen LogP contribution >= 0.6 is 0 Å². The van der Waals surface area contributed by atoms with Crippen LogP contribution in [-0.4, -0.2) is 29.1 Å². The van der Waals surface area contributed by atoms with Gasteiger partial charge in [-0.1, -0.05) is 0 Å². The molecule has 0 rings (SSSR count). The molecular weight excluding hydrogens is 184 g/mol. The van der Waals surface area contributed by atoms with Gasteiger partial charge >= 0.3 is 5.97 Å². The van der Waals surface area contributed by atoms with Gasteiger partial charge in [0.1, 0.15) is 6.54 Å². The third kappa shape index (κ3) is 2.99. The summed E-state index contributed by atoms with van der Waals surface area (Å²) in [6.07, 6.45) is 0. The van der Waals surface area contributed by atoms with Crippen molar-refractivity contribution in [3.8, 4) is 0 Å². The smallest absolute Gasteiger partial charge is 0.322 e. The molecule has 0 saturated carbocycles. The summed E-state index contributed by atoms with van der Waals surface area (Å²) >= 11 is 0. The van der Waals surface area contributed by atoms with Crippen LogP contribution in [0.2, 0.25) is 0 Å². The lowest BCUT2D eigenvalue weighted by atomic mass is 9.74. The van der Waals surface area contributed by atoms with Crippen LogP contribution < -0.4 is 11.1 Å². The molecule has 0 aliphatic rings. The third-order valence-corrected chi connectivity index (χ3v) is 2.58. The standard InChI is InChI=1S/C9H18N2O3/c1-8(2,9(3,4)10)7(14)11-5-6(12)13/h5,10H2,1-4H3,(H,11,14)(H,12,13). The van der Waals surface area contributed by atoms with Crippen molar-refractivity contribution in [2.45, 2.75) is 33.2 Å². The summed E-state index contributed by atoms with van der Waals surface area (Å²) in [5.41, 5.74) is 4.31. The van der Waals surface area contributed by atoms with Crippen LogP contribution in [0, 0.1) is 5.41 Å². The molecule has 5 nitrogen and oxygen atoms in total. The highest BCUT2D eigenvalue weighted by Gasteiger charge is 2.40. The third-order valence-electron chi connectivity index (χ3n) is 2.58. The number of nitrogens with two attached hydrogens (primary N) is 1. The molecule has 0 aromatic heterocycles. The number of nitrogens with one attached hydrogen (secondary N) is 1. The second kappa shape index (κ2) is 3.96. The van der Waals surface area contributed by atoms with Gasteiger partial charge in [-0.15, -0.1) is 0 Å². The van der Waals surface area contributed by atoms with Crippen LogP contribution in [0.4, 0.5) is 0 Å². The first-order valence-corrected chi connectivity index (χ1v) is 4.38. The van der Waals surface area contributed by atoms with E-state index in [-0.39, 0.29) is 12.5 Å². The Morgan fingerprint density at radius 3 is 2.00 bits per heavy atom. The van der Waals surface area contributed by atoms with Gasteiger partial charge in [-0.25, -0.2) is 0 Å². The summed E-state index contributed by atoms with van der Waals surface area (Å²) in [6.45, 7) is 6.45. The largest absolute Gasteiger partial charge is 0.480 e. The lowest BCUT2D eigenvalue weighted by Crippen LogP contribution is -2.56. The number of carbonyl (C=O) groups is 2. The number of hydrogen-bond acceptors (Lipinski definition) is 3. The molecule has 0 fully saturated rings. The van der Waals surface area contributed by atoms with E-state index < -0.39 is 16.9 Å². The Morgan fingerprint density at radius 2 is 1.71 bits per heavy atom. The Labute approximate surface area is 83.7 Å². The van der Waals surface area contributed by atoms with Gasteiger partial charge in [-0.3, -0.25) is 9.59 Å². The molecule has 0 aromatic carbocycles. The Hall–Kier alpha value is -1.10. The predicted molar refractivity (Wildman–Crippen MR) is 52.7 cm³/mol. The number of rotatable bonds is 4. The number of amides is 1. The molecule has 0 spiro atoms. The number of carbonyl (C=O) groups excluding carboxylic acids is 1. The van der Waals surface area contributed by atoms with Gasteiger partial charge in [0.2, 0.25) is 5.91 Å². The fourth-order valence-electron chi connectivity index (χ4n) is 0.669.